The Kier molecular flexibility index (Phi) is 4.28. The van der Waals surface area contributed by atoms with Crippen LogP contribution in [0.2, 0.25) is 0 Å². The quantitative estimate of drug-likeness (QED) is 0.831. The second-order valence-electron chi connectivity index (χ2n) is 3.28. The van der Waals surface area contributed by atoms with Crippen LogP contribution < -0.4 is 4.72 Å². The highest BCUT2D eigenvalue weighted by molar-refractivity contribution is 9.09. The molecule has 0 aliphatic heterocycles. The van der Waals surface area contributed by atoms with Crippen molar-refractivity contribution < 1.29 is 17.9 Å². The number of hydrogen-bond donors (Lipinski definition) is 2. The summed E-state index contributed by atoms with van der Waals surface area (Å²) in [5.41, 5.74) is 0.268. The van der Waals surface area contributed by atoms with Crippen LogP contribution in [-0.2, 0) is 10.0 Å². The summed E-state index contributed by atoms with van der Waals surface area (Å²) >= 11 is 3.07. The number of hydrogen-bond acceptors (Lipinski definition) is 3. The second kappa shape index (κ2) is 5.11. The Hall–Kier alpha value is -0.660. The largest absolute Gasteiger partial charge is 0.388 e. The standard InChI is InChI=1S/C9H11BrFNO3S/c1-16(14,15)12-8-4-6(9(13)5-10)2-3-7(8)11/h2-4,9,12-13H,5H2,1H3/t9-/m1/s1. The van der Waals surface area contributed by atoms with E-state index in [9.17, 15) is 17.9 Å². The third kappa shape index (κ3) is 3.73. The topological polar surface area (TPSA) is 66.4 Å². The van der Waals surface area contributed by atoms with E-state index in [0.717, 1.165) is 12.3 Å². The first kappa shape index (κ1) is 13.4. The molecule has 4 nitrogen and oxygen atoms in total. The lowest BCUT2D eigenvalue weighted by atomic mass is 10.1. The van der Waals surface area contributed by atoms with Gasteiger partial charge in [-0.25, -0.2) is 12.8 Å². The fraction of sp³-hybridized carbons (Fsp3) is 0.333. The summed E-state index contributed by atoms with van der Waals surface area (Å²) < 4.78 is 37.2. The van der Waals surface area contributed by atoms with Crippen LogP contribution in [0.4, 0.5) is 10.1 Å². The Labute approximate surface area is 102 Å². The van der Waals surface area contributed by atoms with Gasteiger partial charge in [-0.1, -0.05) is 22.0 Å². The Morgan fingerprint density at radius 1 is 1.56 bits per heavy atom. The molecule has 0 fully saturated rings. The first-order valence-corrected chi connectivity index (χ1v) is 7.36. The number of aliphatic hydroxyl groups is 1. The Morgan fingerprint density at radius 3 is 2.69 bits per heavy atom. The third-order valence-corrected chi connectivity index (χ3v) is 3.02. The molecule has 0 aliphatic rings. The normalized spacial score (nSPS) is 13.5. The van der Waals surface area contributed by atoms with Gasteiger partial charge in [0.1, 0.15) is 5.82 Å². The average molecular weight is 312 g/mol. The highest BCUT2D eigenvalue weighted by Crippen LogP contribution is 2.22. The number of nitrogens with one attached hydrogen (secondary N) is 1. The van der Waals surface area contributed by atoms with Gasteiger partial charge in [0.05, 0.1) is 18.0 Å². The zero-order valence-electron chi connectivity index (χ0n) is 8.44. The molecule has 0 unspecified atom stereocenters. The molecule has 0 heterocycles. The van der Waals surface area contributed by atoms with Gasteiger partial charge in [-0.05, 0) is 17.7 Å². The van der Waals surface area contributed by atoms with Gasteiger partial charge >= 0.3 is 0 Å². The van der Waals surface area contributed by atoms with E-state index in [1.54, 1.807) is 0 Å². The number of sulfonamides is 1. The highest BCUT2D eigenvalue weighted by Gasteiger charge is 2.12. The summed E-state index contributed by atoms with van der Waals surface area (Å²) in [5, 5.41) is 9.79. The van der Waals surface area contributed by atoms with E-state index in [-0.39, 0.29) is 11.0 Å². The minimum Gasteiger partial charge on any atom is -0.388 e. The second-order valence-corrected chi connectivity index (χ2v) is 5.68. The van der Waals surface area contributed by atoms with Crippen molar-refractivity contribution in [3.05, 3.63) is 29.6 Å². The van der Waals surface area contributed by atoms with Gasteiger partial charge in [0.25, 0.3) is 0 Å². The van der Waals surface area contributed by atoms with E-state index in [4.69, 9.17) is 0 Å². The van der Waals surface area contributed by atoms with E-state index < -0.39 is 21.9 Å². The average Bonchev–Trinajstić information content (AvgIpc) is 2.18. The van der Waals surface area contributed by atoms with Crippen LogP contribution in [0.15, 0.2) is 18.2 Å². The van der Waals surface area contributed by atoms with Crippen LogP contribution in [0.3, 0.4) is 0 Å². The van der Waals surface area contributed by atoms with E-state index in [1.165, 1.54) is 12.1 Å². The van der Waals surface area contributed by atoms with Crippen molar-refractivity contribution in [1.82, 2.24) is 0 Å². The lowest BCUT2D eigenvalue weighted by molar-refractivity contribution is 0.205. The first-order valence-electron chi connectivity index (χ1n) is 4.35. The minimum absolute atomic E-state index is 0.167. The number of alkyl halides is 1. The van der Waals surface area contributed by atoms with Gasteiger partial charge in [-0.3, -0.25) is 4.72 Å². The maximum absolute atomic E-state index is 13.2. The summed E-state index contributed by atoms with van der Waals surface area (Å²) in [6.45, 7) is 0. The first-order chi connectivity index (χ1) is 7.33. The molecule has 0 radical (unpaired) electrons. The third-order valence-electron chi connectivity index (χ3n) is 1.82. The minimum atomic E-state index is -3.53. The molecule has 16 heavy (non-hydrogen) atoms. The van der Waals surface area contributed by atoms with Crippen LogP contribution in [0.1, 0.15) is 11.7 Å². The fourth-order valence-electron chi connectivity index (χ4n) is 1.12. The van der Waals surface area contributed by atoms with E-state index in [0.29, 0.717) is 5.56 Å². The molecule has 1 atom stereocenters. The summed E-state index contributed by atoms with van der Waals surface area (Å²) in [6.07, 6.45) is 0.126. The van der Waals surface area contributed by atoms with E-state index in [1.807, 2.05) is 4.72 Å². The van der Waals surface area contributed by atoms with Crippen molar-refractivity contribution in [2.75, 3.05) is 16.3 Å². The molecule has 0 spiro atoms. The van der Waals surface area contributed by atoms with Crippen molar-refractivity contribution in [2.45, 2.75) is 6.10 Å². The molecule has 1 aromatic carbocycles. The summed E-state index contributed by atoms with van der Waals surface area (Å²) in [6, 6.07) is 3.77. The molecule has 1 rings (SSSR count). The van der Waals surface area contributed by atoms with Crippen molar-refractivity contribution in [3.8, 4) is 0 Å². The van der Waals surface area contributed by atoms with Gasteiger partial charge < -0.3 is 5.11 Å². The molecule has 2 N–H and O–H groups in total. The van der Waals surface area contributed by atoms with Gasteiger partial charge in [-0.15, -0.1) is 0 Å². The van der Waals surface area contributed by atoms with E-state index in [2.05, 4.69) is 15.9 Å². The molecule has 0 aliphatic carbocycles. The molecule has 0 amide bonds. The Morgan fingerprint density at radius 2 is 2.19 bits per heavy atom. The number of anilines is 1. The van der Waals surface area contributed by atoms with Crippen LogP contribution in [0, 0.1) is 5.82 Å². The summed E-state index contributed by atoms with van der Waals surface area (Å²) in [5.74, 6) is -0.684. The number of benzene rings is 1. The monoisotopic (exact) mass is 311 g/mol. The van der Waals surface area contributed by atoms with Crippen molar-refractivity contribution >= 4 is 31.6 Å². The lowest BCUT2D eigenvalue weighted by Crippen LogP contribution is -2.11. The lowest BCUT2D eigenvalue weighted by Gasteiger charge is -2.11. The van der Waals surface area contributed by atoms with Crippen molar-refractivity contribution in [1.29, 1.82) is 0 Å². The molecular formula is C9H11BrFNO3S. The van der Waals surface area contributed by atoms with Gasteiger partial charge in [0, 0.05) is 5.33 Å². The molecular weight excluding hydrogens is 301 g/mol. The van der Waals surface area contributed by atoms with Crippen LogP contribution in [-0.4, -0.2) is 25.1 Å². The molecule has 0 saturated carbocycles. The SMILES string of the molecule is CS(=O)(=O)Nc1cc([C@H](O)CBr)ccc1F. The molecule has 90 valence electrons. The number of aliphatic hydroxyl groups excluding tert-OH is 1. The predicted octanol–water partition coefficient (Wildman–Crippen LogP) is 1.63. The maximum Gasteiger partial charge on any atom is 0.229 e. The zero-order valence-corrected chi connectivity index (χ0v) is 10.8. The van der Waals surface area contributed by atoms with Gasteiger partial charge in [-0.2, -0.15) is 0 Å². The van der Waals surface area contributed by atoms with Crippen molar-refractivity contribution in [2.24, 2.45) is 0 Å². The molecule has 0 saturated heterocycles. The zero-order chi connectivity index (χ0) is 12.3. The smallest absolute Gasteiger partial charge is 0.229 e. The fourth-order valence-corrected chi connectivity index (χ4v) is 2.05. The Bertz CT molecular complexity index is 478. The Balaban J connectivity index is 3.09. The van der Waals surface area contributed by atoms with E-state index >= 15 is 0 Å². The predicted molar refractivity (Wildman–Crippen MR) is 63.6 cm³/mol. The van der Waals surface area contributed by atoms with Crippen LogP contribution >= 0.6 is 15.9 Å². The molecule has 0 aromatic heterocycles. The number of halogens is 2. The maximum atomic E-state index is 13.2. The summed E-state index contributed by atoms with van der Waals surface area (Å²) in [7, 11) is -3.53. The van der Waals surface area contributed by atoms with Gasteiger partial charge in [0.15, 0.2) is 0 Å². The van der Waals surface area contributed by atoms with Gasteiger partial charge in [0.2, 0.25) is 10.0 Å². The molecule has 7 heteroatoms. The highest BCUT2D eigenvalue weighted by atomic mass is 79.9. The van der Waals surface area contributed by atoms with Crippen molar-refractivity contribution in [3.63, 3.8) is 0 Å². The van der Waals surface area contributed by atoms with Crippen LogP contribution in [0.5, 0.6) is 0 Å². The summed E-state index contributed by atoms with van der Waals surface area (Å²) in [4.78, 5) is 0. The molecule has 0 bridgehead atoms. The molecule has 1 aromatic rings. The van der Waals surface area contributed by atoms with Crippen LogP contribution in [0.25, 0.3) is 0 Å². The number of rotatable bonds is 4.